The average Bonchev–Trinajstić information content (AvgIpc) is 3.62. The molecule has 0 aliphatic carbocycles. The van der Waals surface area contributed by atoms with E-state index >= 15 is 0 Å². The van der Waals surface area contributed by atoms with Crippen LogP contribution in [0.3, 0.4) is 0 Å². The van der Waals surface area contributed by atoms with Crippen molar-refractivity contribution in [2.45, 2.75) is 35.9 Å². The number of carbonyl (C=O) groups is 2. The number of aromatic nitrogens is 2. The van der Waals surface area contributed by atoms with Gasteiger partial charge in [0.2, 0.25) is 5.13 Å². The summed E-state index contributed by atoms with van der Waals surface area (Å²) in [6, 6.07) is 16.8. The number of Topliss-reactive ketones (excluding diaryl/α,β-unsaturated/α-hetero) is 1. The molecular formula is C32H30FN3O6S2. The molecule has 5 rings (SSSR count). The molecule has 4 aromatic rings. The number of thioether (sulfide) groups is 1. The molecule has 0 radical (unpaired) electrons. The molecule has 1 amide bonds. The molecule has 1 aromatic heterocycles. The van der Waals surface area contributed by atoms with Gasteiger partial charge in [-0.15, -0.1) is 10.2 Å². The topological polar surface area (TPSA) is 111 Å². The van der Waals surface area contributed by atoms with E-state index in [9.17, 15) is 19.1 Å². The maximum Gasteiger partial charge on any atom is 0.301 e. The first kappa shape index (κ1) is 31.0. The minimum absolute atomic E-state index is 0.0995. The summed E-state index contributed by atoms with van der Waals surface area (Å²) in [7, 11) is 2.99. The Morgan fingerprint density at radius 2 is 1.73 bits per heavy atom. The maximum absolute atomic E-state index is 13.6. The van der Waals surface area contributed by atoms with Gasteiger partial charge in [-0.1, -0.05) is 54.6 Å². The van der Waals surface area contributed by atoms with Gasteiger partial charge in [0.1, 0.15) is 17.3 Å². The molecule has 1 fully saturated rings. The van der Waals surface area contributed by atoms with E-state index in [4.69, 9.17) is 14.2 Å². The number of carbonyl (C=O) groups excluding carboxylic acids is 2. The van der Waals surface area contributed by atoms with E-state index in [2.05, 4.69) is 17.1 Å². The van der Waals surface area contributed by atoms with Crippen molar-refractivity contribution >= 4 is 45.7 Å². The molecule has 228 valence electrons. The van der Waals surface area contributed by atoms with Crippen LogP contribution in [0, 0.1) is 5.82 Å². The summed E-state index contributed by atoms with van der Waals surface area (Å²) in [6.07, 6.45) is 1.91. The van der Waals surface area contributed by atoms with Crippen LogP contribution in [0.1, 0.15) is 42.5 Å². The van der Waals surface area contributed by atoms with Crippen LogP contribution in [0.5, 0.6) is 17.2 Å². The van der Waals surface area contributed by atoms with Crippen LogP contribution in [0.4, 0.5) is 9.52 Å². The highest BCUT2D eigenvalue weighted by molar-refractivity contribution is 8.00. The van der Waals surface area contributed by atoms with E-state index in [1.165, 1.54) is 43.0 Å². The number of anilines is 1. The molecule has 44 heavy (non-hydrogen) atoms. The Balaban J connectivity index is 1.53. The summed E-state index contributed by atoms with van der Waals surface area (Å²) < 4.78 is 30.5. The Bertz CT molecular complexity index is 1670. The minimum Gasteiger partial charge on any atom is -0.507 e. The second kappa shape index (κ2) is 13.9. The summed E-state index contributed by atoms with van der Waals surface area (Å²) in [6.45, 7) is 2.64. The van der Waals surface area contributed by atoms with Crippen molar-refractivity contribution in [1.82, 2.24) is 10.2 Å². The largest absolute Gasteiger partial charge is 0.507 e. The lowest BCUT2D eigenvalue weighted by Gasteiger charge is -2.23. The molecular weight excluding hydrogens is 605 g/mol. The average molecular weight is 636 g/mol. The highest BCUT2D eigenvalue weighted by Crippen LogP contribution is 2.45. The van der Waals surface area contributed by atoms with E-state index in [1.807, 2.05) is 0 Å². The number of methoxy groups -OCH3 is 2. The molecule has 0 saturated carbocycles. The molecule has 9 nitrogen and oxygen atoms in total. The predicted molar refractivity (Wildman–Crippen MR) is 167 cm³/mol. The molecule has 1 aliphatic heterocycles. The second-order valence-corrected chi connectivity index (χ2v) is 12.0. The third-order valence-electron chi connectivity index (χ3n) is 6.94. The van der Waals surface area contributed by atoms with Crippen molar-refractivity contribution in [3.05, 3.63) is 94.8 Å². The van der Waals surface area contributed by atoms with Gasteiger partial charge in [-0.2, -0.15) is 0 Å². The maximum atomic E-state index is 13.6. The van der Waals surface area contributed by atoms with Gasteiger partial charge in [0.25, 0.3) is 5.78 Å². The summed E-state index contributed by atoms with van der Waals surface area (Å²) >= 11 is 2.51. The number of aliphatic hydroxyl groups is 1. The van der Waals surface area contributed by atoms with E-state index < -0.39 is 17.7 Å². The van der Waals surface area contributed by atoms with Crippen molar-refractivity contribution < 1.29 is 33.3 Å². The summed E-state index contributed by atoms with van der Waals surface area (Å²) in [5.41, 5.74) is 1.64. The van der Waals surface area contributed by atoms with Gasteiger partial charge in [-0.25, -0.2) is 4.39 Å². The second-order valence-electron chi connectivity index (χ2n) is 9.78. The SMILES string of the molecule is CCCCOc1ccc(/C(O)=C2/C(=O)C(=O)N(c3nnc(SCc4ccc(F)cc4)s3)C2c2ccc(OC)c(OC)c2)cc1. The molecule has 1 unspecified atom stereocenters. The number of benzene rings is 3. The summed E-state index contributed by atoms with van der Waals surface area (Å²) in [5.74, 6) is -0.380. The molecule has 1 N–H and O–H groups in total. The first-order valence-electron chi connectivity index (χ1n) is 13.8. The van der Waals surface area contributed by atoms with Gasteiger partial charge < -0.3 is 19.3 Å². The zero-order valence-electron chi connectivity index (χ0n) is 24.3. The number of halogens is 1. The lowest BCUT2D eigenvalue weighted by atomic mass is 9.95. The number of amides is 1. The van der Waals surface area contributed by atoms with E-state index in [0.29, 0.717) is 45.1 Å². The Kier molecular flexibility index (Phi) is 9.81. The Morgan fingerprint density at radius 1 is 1.00 bits per heavy atom. The molecule has 3 aromatic carbocycles. The van der Waals surface area contributed by atoms with Gasteiger partial charge in [0.15, 0.2) is 15.8 Å². The molecule has 12 heteroatoms. The zero-order valence-corrected chi connectivity index (χ0v) is 25.9. The van der Waals surface area contributed by atoms with Gasteiger partial charge in [0, 0.05) is 11.3 Å². The van der Waals surface area contributed by atoms with Crippen molar-refractivity contribution in [2.75, 3.05) is 25.7 Å². The highest BCUT2D eigenvalue weighted by atomic mass is 32.2. The standard InChI is InChI=1S/C32H30FN3O6S2/c1-4-5-16-42-23-13-8-20(9-14-23)28(37)26-27(21-10-15-24(40-2)25(17-21)41-3)36(30(39)29(26)38)31-34-35-32(44-31)43-18-19-6-11-22(33)12-7-19/h6-15,17,27,37H,4-5,16,18H2,1-3H3/b28-26-. The van der Waals surface area contributed by atoms with Crippen LogP contribution in [-0.2, 0) is 15.3 Å². The fraction of sp³-hybridized carbons (Fsp3) is 0.250. The monoisotopic (exact) mass is 635 g/mol. The fourth-order valence-corrected chi connectivity index (χ4v) is 6.47. The minimum atomic E-state index is -1.03. The van der Waals surface area contributed by atoms with Crippen LogP contribution in [0.25, 0.3) is 5.76 Å². The van der Waals surface area contributed by atoms with Gasteiger partial charge in [-0.3, -0.25) is 14.5 Å². The van der Waals surface area contributed by atoms with Gasteiger partial charge >= 0.3 is 5.91 Å². The predicted octanol–water partition coefficient (Wildman–Crippen LogP) is 6.79. The lowest BCUT2D eigenvalue weighted by molar-refractivity contribution is -0.132. The van der Waals surface area contributed by atoms with Crippen LogP contribution < -0.4 is 19.1 Å². The van der Waals surface area contributed by atoms with Crippen LogP contribution in [0.2, 0.25) is 0 Å². The van der Waals surface area contributed by atoms with Gasteiger partial charge in [-0.05, 0) is 66.1 Å². The van der Waals surface area contributed by atoms with Crippen LogP contribution in [-0.4, -0.2) is 47.8 Å². The van der Waals surface area contributed by atoms with Gasteiger partial charge in [0.05, 0.1) is 32.4 Å². The zero-order chi connectivity index (χ0) is 31.2. The van der Waals surface area contributed by atoms with E-state index in [-0.39, 0.29) is 22.3 Å². The molecule has 2 heterocycles. The molecule has 0 bridgehead atoms. The molecule has 1 atom stereocenters. The van der Waals surface area contributed by atoms with Crippen LogP contribution in [0.15, 0.2) is 76.6 Å². The Morgan fingerprint density at radius 3 is 2.41 bits per heavy atom. The Hall–Kier alpha value is -4.42. The van der Waals surface area contributed by atoms with E-state index in [1.54, 1.807) is 54.6 Å². The Labute approximate surface area is 262 Å². The molecule has 1 aliphatic rings. The lowest BCUT2D eigenvalue weighted by Crippen LogP contribution is -2.29. The number of hydrogen-bond donors (Lipinski definition) is 1. The molecule has 0 spiro atoms. The number of ether oxygens (including phenoxy) is 3. The van der Waals surface area contributed by atoms with Crippen molar-refractivity contribution in [3.63, 3.8) is 0 Å². The number of unbranched alkanes of at least 4 members (excludes halogenated alkanes) is 1. The normalized spacial score (nSPS) is 15.9. The summed E-state index contributed by atoms with van der Waals surface area (Å²) in [5, 5.41) is 20.1. The number of hydrogen-bond acceptors (Lipinski definition) is 10. The highest BCUT2D eigenvalue weighted by Gasteiger charge is 2.48. The first-order valence-corrected chi connectivity index (χ1v) is 15.6. The van der Waals surface area contributed by atoms with Crippen molar-refractivity contribution in [3.8, 4) is 17.2 Å². The fourth-order valence-electron chi connectivity index (χ4n) is 4.65. The van der Waals surface area contributed by atoms with E-state index in [0.717, 1.165) is 29.7 Å². The third-order valence-corrected chi connectivity index (χ3v) is 9.07. The number of nitrogens with zero attached hydrogens (tertiary/aromatic N) is 3. The van der Waals surface area contributed by atoms with Crippen LogP contribution >= 0.6 is 23.1 Å². The molecule has 1 saturated heterocycles. The smallest absolute Gasteiger partial charge is 0.301 e. The number of ketones is 1. The summed E-state index contributed by atoms with van der Waals surface area (Å²) in [4.78, 5) is 28.4. The quantitative estimate of drug-likeness (QED) is 0.0449. The number of rotatable bonds is 12. The first-order chi connectivity index (χ1) is 21.3. The van der Waals surface area contributed by atoms with Crippen molar-refractivity contribution in [2.24, 2.45) is 0 Å². The number of aliphatic hydroxyl groups excluding tert-OH is 1. The van der Waals surface area contributed by atoms with Crippen molar-refractivity contribution in [1.29, 1.82) is 0 Å². The third kappa shape index (κ3) is 6.56.